The lowest BCUT2D eigenvalue weighted by Crippen LogP contribution is -2.31. The average molecular weight is 292 g/mol. The van der Waals surface area contributed by atoms with Crippen LogP contribution in [0.15, 0.2) is 36.7 Å². The highest BCUT2D eigenvalue weighted by Gasteiger charge is 2.12. The number of aromatic nitrogens is 2. The molecule has 4 heteroatoms. The number of nitrogens with one attached hydrogen (secondary N) is 1. The molecule has 0 bridgehead atoms. The van der Waals surface area contributed by atoms with Crippen LogP contribution in [0.3, 0.4) is 0 Å². The first-order chi connectivity index (χ1) is 9.70. The van der Waals surface area contributed by atoms with Gasteiger partial charge in [-0.1, -0.05) is 36.7 Å². The van der Waals surface area contributed by atoms with E-state index in [4.69, 9.17) is 11.6 Å². The number of hydrogen-bond acceptors (Lipinski definition) is 2. The fourth-order valence-corrected chi connectivity index (χ4v) is 2.65. The largest absolute Gasteiger partial charge is 0.338 e. The molecule has 0 saturated heterocycles. The number of aryl methyl sites for hydroxylation is 2. The molecule has 0 amide bonds. The van der Waals surface area contributed by atoms with Gasteiger partial charge in [-0.2, -0.15) is 0 Å². The fourth-order valence-electron chi connectivity index (χ4n) is 2.44. The molecule has 1 unspecified atom stereocenters. The molecular weight excluding hydrogens is 270 g/mol. The van der Waals surface area contributed by atoms with Crippen molar-refractivity contribution in [1.29, 1.82) is 0 Å². The van der Waals surface area contributed by atoms with Gasteiger partial charge in [-0.3, -0.25) is 0 Å². The molecule has 2 rings (SSSR count). The number of hydrogen-bond donors (Lipinski definition) is 1. The van der Waals surface area contributed by atoms with Crippen LogP contribution < -0.4 is 5.32 Å². The van der Waals surface area contributed by atoms with E-state index in [1.165, 1.54) is 5.56 Å². The lowest BCUT2D eigenvalue weighted by Gasteiger charge is -2.18. The Bertz CT molecular complexity index is 536. The van der Waals surface area contributed by atoms with E-state index in [0.717, 1.165) is 36.7 Å². The molecule has 3 nitrogen and oxygen atoms in total. The Labute approximate surface area is 126 Å². The van der Waals surface area contributed by atoms with Crippen molar-refractivity contribution in [3.63, 3.8) is 0 Å². The quantitative estimate of drug-likeness (QED) is 0.849. The van der Waals surface area contributed by atoms with Gasteiger partial charge in [0.1, 0.15) is 5.82 Å². The summed E-state index contributed by atoms with van der Waals surface area (Å²) in [7, 11) is 2.04. The Balaban J connectivity index is 1.97. The highest BCUT2D eigenvalue weighted by Crippen LogP contribution is 2.18. The van der Waals surface area contributed by atoms with E-state index >= 15 is 0 Å². The van der Waals surface area contributed by atoms with Crippen LogP contribution in [0.4, 0.5) is 0 Å². The Morgan fingerprint density at radius 1 is 1.35 bits per heavy atom. The third-order valence-corrected chi connectivity index (χ3v) is 3.92. The van der Waals surface area contributed by atoms with Gasteiger partial charge in [0, 0.05) is 36.9 Å². The SMILES string of the molecule is CCNC(CCc1nccn1C)Cc1ccccc1Cl. The van der Waals surface area contributed by atoms with E-state index in [1.807, 2.05) is 37.6 Å². The van der Waals surface area contributed by atoms with Crippen molar-refractivity contribution in [2.24, 2.45) is 7.05 Å². The van der Waals surface area contributed by atoms with Gasteiger partial charge in [0.05, 0.1) is 0 Å². The fraction of sp³-hybridized carbons (Fsp3) is 0.438. The Morgan fingerprint density at radius 3 is 2.80 bits per heavy atom. The Hall–Kier alpha value is -1.32. The summed E-state index contributed by atoms with van der Waals surface area (Å²) in [5, 5.41) is 4.40. The second kappa shape index (κ2) is 7.46. The monoisotopic (exact) mass is 291 g/mol. The highest BCUT2D eigenvalue weighted by molar-refractivity contribution is 6.31. The zero-order valence-electron chi connectivity index (χ0n) is 12.1. The minimum atomic E-state index is 0.427. The summed E-state index contributed by atoms with van der Waals surface area (Å²) < 4.78 is 2.08. The van der Waals surface area contributed by atoms with Gasteiger partial charge >= 0.3 is 0 Å². The number of halogens is 1. The minimum absolute atomic E-state index is 0.427. The third-order valence-electron chi connectivity index (χ3n) is 3.55. The lowest BCUT2D eigenvalue weighted by molar-refractivity contribution is 0.483. The molecule has 1 aromatic carbocycles. The zero-order chi connectivity index (χ0) is 14.4. The van der Waals surface area contributed by atoms with Crippen molar-refractivity contribution in [3.8, 4) is 0 Å². The normalized spacial score (nSPS) is 12.6. The number of nitrogens with zero attached hydrogens (tertiary/aromatic N) is 2. The molecule has 0 radical (unpaired) electrons. The van der Waals surface area contributed by atoms with Crippen molar-refractivity contribution >= 4 is 11.6 Å². The third kappa shape index (κ3) is 4.09. The topological polar surface area (TPSA) is 29.9 Å². The molecule has 1 heterocycles. The van der Waals surface area contributed by atoms with Gasteiger partial charge in [-0.25, -0.2) is 4.98 Å². The van der Waals surface area contributed by atoms with E-state index in [2.05, 4.69) is 27.9 Å². The Kier molecular flexibility index (Phi) is 5.62. The minimum Gasteiger partial charge on any atom is -0.338 e. The standard InChI is InChI=1S/C16H22ClN3/c1-3-18-14(8-9-16-19-10-11-20(16)2)12-13-6-4-5-7-15(13)17/h4-7,10-11,14,18H,3,8-9,12H2,1-2H3. The van der Waals surface area contributed by atoms with Crippen LogP contribution in [0.1, 0.15) is 24.7 Å². The molecule has 2 aromatic rings. The summed E-state index contributed by atoms with van der Waals surface area (Å²) in [5.41, 5.74) is 1.21. The molecule has 1 aromatic heterocycles. The molecule has 0 aliphatic heterocycles. The summed E-state index contributed by atoms with van der Waals surface area (Å²) in [6, 6.07) is 8.51. The maximum Gasteiger partial charge on any atom is 0.108 e. The smallest absolute Gasteiger partial charge is 0.108 e. The number of imidazole rings is 1. The number of benzene rings is 1. The highest BCUT2D eigenvalue weighted by atomic mass is 35.5. The number of rotatable bonds is 7. The van der Waals surface area contributed by atoms with Crippen LogP contribution in [0.5, 0.6) is 0 Å². The van der Waals surface area contributed by atoms with Crippen molar-refractivity contribution < 1.29 is 0 Å². The second-order valence-electron chi connectivity index (χ2n) is 5.04. The van der Waals surface area contributed by atoms with Gasteiger partial charge < -0.3 is 9.88 Å². The summed E-state index contributed by atoms with van der Waals surface area (Å²) in [4.78, 5) is 4.38. The van der Waals surface area contributed by atoms with E-state index in [0.29, 0.717) is 6.04 Å². The van der Waals surface area contributed by atoms with E-state index < -0.39 is 0 Å². The van der Waals surface area contributed by atoms with Crippen LogP contribution in [0.2, 0.25) is 5.02 Å². The Morgan fingerprint density at radius 2 is 2.15 bits per heavy atom. The summed E-state index contributed by atoms with van der Waals surface area (Å²) in [6.45, 7) is 3.11. The molecular formula is C16H22ClN3. The average Bonchev–Trinajstić information content (AvgIpc) is 2.84. The number of likely N-dealkylation sites (N-methyl/N-ethyl adjacent to an activating group) is 1. The van der Waals surface area contributed by atoms with E-state index in [9.17, 15) is 0 Å². The summed E-state index contributed by atoms with van der Waals surface area (Å²) >= 11 is 6.25. The first-order valence-corrected chi connectivity index (χ1v) is 7.51. The van der Waals surface area contributed by atoms with Gasteiger partial charge in [0.2, 0.25) is 0 Å². The first kappa shape index (κ1) is 15.1. The maximum absolute atomic E-state index is 6.25. The molecule has 0 aliphatic rings. The predicted molar refractivity (Wildman–Crippen MR) is 84.1 cm³/mol. The van der Waals surface area contributed by atoms with Gasteiger partial charge in [-0.05, 0) is 31.0 Å². The van der Waals surface area contributed by atoms with E-state index in [-0.39, 0.29) is 0 Å². The molecule has 1 atom stereocenters. The predicted octanol–water partition coefficient (Wildman–Crippen LogP) is 3.23. The lowest BCUT2D eigenvalue weighted by atomic mass is 10.0. The summed E-state index contributed by atoms with van der Waals surface area (Å²) in [5.74, 6) is 1.13. The molecule has 0 fully saturated rings. The van der Waals surface area contributed by atoms with Crippen molar-refractivity contribution in [1.82, 2.24) is 14.9 Å². The molecule has 0 aliphatic carbocycles. The van der Waals surface area contributed by atoms with Gasteiger partial charge in [0.25, 0.3) is 0 Å². The van der Waals surface area contributed by atoms with Gasteiger partial charge in [-0.15, -0.1) is 0 Å². The van der Waals surface area contributed by atoms with Crippen LogP contribution in [-0.2, 0) is 19.9 Å². The second-order valence-corrected chi connectivity index (χ2v) is 5.45. The summed E-state index contributed by atoms with van der Waals surface area (Å²) in [6.07, 6.45) is 6.84. The maximum atomic E-state index is 6.25. The molecule has 0 spiro atoms. The first-order valence-electron chi connectivity index (χ1n) is 7.13. The van der Waals surface area contributed by atoms with Crippen LogP contribution >= 0.6 is 11.6 Å². The zero-order valence-corrected chi connectivity index (χ0v) is 12.9. The molecule has 20 heavy (non-hydrogen) atoms. The van der Waals surface area contributed by atoms with E-state index in [1.54, 1.807) is 0 Å². The van der Waals surface area contributed by atoms with Crippen LogP contribution in [0.25, 0.3) is 0 Å². The molecule has 1 N–H and O–H groups in total. The van der Waals surface area contributed by atoms with Crippen LogP contribution in [0, 0.1) is 0 Å². The van der Waals surface area contributed by atoms with Crippen LogP contribution in [-0.4, -0.2) is 22.1 Å². The van der Waals surface area contributed by atoms with Crippen molar-refractivity contribution in [3.05, 3.63) is 53.1 Å². The molecule has 108 valence electrons. The van der Waals surface area contributed by atoms with Crippen molar-refractivity contribution in [2.75, 3.05) is 6.54 Å². The van der Waals surface area contributed by atoms with Gasteiger partial charge in [0.15, 0.2) is 0 Å². The van der Waals surface area contributed by atoms with Crippen molar-refractivity contribution in [2.45, 2.75) is 32.2 Å². The molecule has 0 saturated carbocycles.